The molecule has 0 aliphatic rings. The van der Waals surface area contributed by atoms with Crippen molar-refractivity contribution in [1.29, 1.82) is 0 Å². The number of imidazole rings is 1. The Hall–Kier alpha value is -3.85. The lowest BCUT2D eigenvalue weighted by Gasteiger charge is -2.07. The zero-order chi connectivity index (χ0) is 20.6. The average Bonchev–Trinajstić information content (AvgIpc) is 3.40. The number of nitrogens with zero attached hydrogens (tertiary/aromatic N) is 3. The van der Waals surface area contributed by atoms with Crippen LogP contribution in [0.3, 0.4) is 0 Å². The number of para-hydroxylation sites is 2. The van der Waals surface area contributed by atoms with Crippen LogP contribution in [0, 0.1) is 0 Å². The number of fused-ring (bicyclic) bond motifs is 5. The van der Waals surface area contributed by atoms with E-state index in [9.17, 15) is 0 Å². The van der Waals surface area contributed by atoms with E-state index in [-0.39, 0.29) is 0 Å². The molecule has 0 atom stereocenters. The van der Waals surface area contributed by atoms with Crippen molar-refractivity contribution in [1.82, 2.24) is 9.13 Å². The summed E-state index contributed by atoms with van der Waals surface area (Å²) < 4.78 is 6.96. The van der Waals surface area contributed by atoms with Crippen LogP contribution in [0.5, 0.6) is 0 Å². The fourth-order valence-corrected chi connectivity index (χ4v) is 4.72. The van der Waals surface area contributed by atoms with Gasteiger partial charge in [-0.2, -0.15) is 0 Å². The number of hydrogen-bond donors (Lipinski definition) is 0. The van der Waals surface area contributed by atoms with E-state index in [1.54, 1.807) is 0 Å². The van der Waals surface area contributed by atoms with E-state index in [0.717, 1.165) is 19.4 Å². The predicted molar refractivity (Wildman–Crippen MR) is 127 cm³/mol. The second-order valence-electron chi connectivity index (χ2n) is 8.12. The standard InChI is InChI=1S/C28H24N3/c1-3-10-22(11-4-1)12-9-18-31-26-16-8-7-15-24(26)25-17-19-29-21-30(20-27(29)28(25)31)23-13-5-2-6-14-23/h1-8,10-11,13-17,19-21H,9,12,18H2/q+1. The summed E-state index contributed by atoms with van der Waals surface area (Å²) in [5.41, 5.74) is 6.43. The molecule has 3 heteroatoms. The van der Waals surface area contributed by atoms with Gasteiger partial charge >= 0.3 is 0 Å². The maximum absolute atomic E-state index is 2.51. The van der Waals surface area contributed by atoms with Crippen LogP contribution in [0.25, 0.3) is 33.0 Å². The van der Waals surface area contributed by atoms with Crippen LogP contribution in [-0.4, -0.2) is 9.13 Å². The zero-order valence-electron chi connectivity index (χ0n) is 17.4. The third kappa shape index (κ3) is 3.10. The normalized spacial score (nSPS) is 11.6. The molecule has 6 rings (SSSR count). The number of aryl methyl sites for hydroxylation is 2. The number of aromatic nitrogens is 3. The number of hydrogen-bond acceptors (Lipinski definition) is 0. The zero-order valence-corrected chi connectivity index (χ0v) is 17.4. The molecule has 150 valence electrons. The van der Waals surface area contributed by atoms with Gasteiger partial charge in [-0.3, -0.25) is 0 Å². The van der Waals surface area contributed by atoms with Crippen LogP contribution in [0.2, 0.25) is 0 Å². The van der Waals surface area contributed by atoms with Crippen LogP contribution in [0.15, 0.2) is 110 Å². The highest BCUT2D eigenvalue weighted by atomic mass is 15.1. The highest BCUT2D eigenvalue weighted by molar-refractivity contribution is 6.11. The van der Waals surface area contributed by atoms with Crippen molar-refractivity contribution in [2.24, 2.45) is 0 Å². The number of pyridine rings is 1. The third-order valence-corrected chi connectivity index (χ3v) is 6.19. The van der Waals surface area contributed by atoms with Gasteiger partial charge in [0.05, 0.1) is 6.20 Å². The van der Waals surface area contributed by atoms with Gasteiger partial charge in [-0.25, -0.2) is 8.97 Å². The van der Waals surface area contributed by atoms with E-state index in [1.807, 2.05) is 0 Å². The highest BCUT2D eigenvalue weighted by Crippen LogP contribution is 2.31. The first-order valence-electron chi connectivity index (χ1n) is 10.9. The third-order valence-electron chi connectivity index (χ3n) is 6.19. The fourth-order valence-electron chi connectivity index (χ4n) is 4.72. The minimum Gasteiger partial charge on any atom is -0.337 e. The maximum Gasteiger partial charge on any atom is 0.254 e. The van der Waals surface area contributed by atoms with Gasteiger partial charge in [0.15, 0.2) is 5.52 Å². The van der Waals surface area contributed by atoms with Gasteiger partial charge < -0.3 is 4.57 Å². The largest absolute Gasteiger partial charge is 0.337 e. The minimum absolute atomic E-state index is 0.995. The summed E-state index contributed by atoms with van der Waals surface area (Å²) in [5.74, 6) is 0. The van der Waals surface area contributed by atoms with Crippen LogP contribution < -0.4 is 4.40 Å². The topological polar surface area (TPSA) is 14.0 Å². The quantitative estimate of drug-likeness (QED) is 0.316. The van der Waals surface area contributed by atoms with E-state index in [0.29, 0.717) is 0 Å². The summed E-state index contributed by atoms with van der Waals surface area (Å²) in [7, 11) is 0. The van der Waals surface area contributed by atoms with Gasteiger partial charge in [0.25, 0.3) is 6.33 Å². The predicted octanol–water partition coefficient (Wildman–Crippen LogP) is 5.96. The summed E-state index contributed by atoms with van der Waals surface area (Å²) in [6, 6.07) is 32.3. The summed E-state index contributed by atoms with van der Waals surface area (Å²) >= 11 is 0. The van der Waals surface area contributed by atoms with Crippen molar-refractivity contribution < 1.29 is 4.40 Å². The Morgan fingerprint density at radius 2 is 1.45 bits per heavy atom. The van der Waals surface area contributed by atoms with Crippen LogP contribution >= 0.6 is 0 Å². The molecule has 0 fully saturated rings. The Balaban J connectivity index is 1.50. The van der Waals surface area contributed by atoms with Crippen LogP contribution in [0.4, 0.5) is 0 Å². The van der Waals surface area contributed by atoms with E-state index in [2.05, 4.69) is 123 Å². The molecule has 3 aromatic heterocycles. The minimum atomic E-state index is 0.995. The Bertz CT molecular complexity index is 1490. The van der Waals surface area contributed by atoms with Gasteiger partial charge in [-0.05, 0) is 42.7 Å². The van der Waals surface area contributed by atoms with E-state index in [1.165, 1.54) is 38.6 Å². The van der Waals surface area contributed by atoms with Crippen molar-refractivity contribution in [2.45, 2.75) is 19.4 Å². The van der Waals surface area contributed by atoms with Gasteiger partial charge in [0.1, 0.15) is 17.4 Å². The molecule has 0 unspecified atom stereocenters. The molecule has 3 heterocycles. The van der Waals surface area contributed by atoms with Crippen molar-refractivity contribution in [3.63, 3.8) is 0 Å². The van der Waals surface area contributed by atoms with Gasteiger partial charge in [-0.15, -0.1) is 0 Å². The molecule has 3 aromatic carbocycles. The lowest BCUT2D eigenvalue weighted by molar-refractivity contribution is -0.510. The van der Waals surface area contributed by atoms with E-state index in [4.69, 9.17) is 0 Å². The van der Waals surface area contributed by atoms with Gasteiger partial charge in [0, 0.05) is 22.8 Å². The molecule has 0 saturated carbocycles. The SMILES string of the molecule is c1ccc(CCCn2c3ccccc3c3cc[n+]4cn(-c5ccccc5)cc4c32)cc1. The maximum atomic E-state index is 2.51. The summed E-state index contributed by atoms with van der Waals surface area (Å²) in [5, 5.41) is 2.65. The first kappa shape index (κ1) is 18.0. The van der Waals surface area contributed by atoms with Crippen LogP contribution in [0.1, 0.15) is 12.0 Å². The number of benzene rings is 3. The lowest BCUT2D eigenvalue weighted by atomic mass is 10.1. The van der Waals surface area contributed by atoms with Crippen molar-refractivity contribution in [2.75, 3.05) is 0 Å². The molecule has 0 aliphatic heterocycles. The first-order valence-corrected chi connectivity index (χ1v) is 10.9. The Kier molecular flexibility index (Phi) is 4.31. The monoisotopic (exact) mass is 402 g/mol. The molecule has 0 N–H and O–H groups in total. The Labute approximate surface area is 181 Å². The fraction of sp³-hybridized carbons (Fsp3) is 0.107. The molecule has 0 aliphatic carbocycles. The Morgan fingerprint density at radius 1 is 0.710 bits per heavy atom. The molecule has 3 nitrogen and oxygen atoms in total. The van der Waals surface area contributed by atoms with Crippen molar-refractivity contribution in [3.05, 3.63) is 115 Å². The van der Waals surface area contributed by atoms with E-state index < -0.39 is 0 Å². The van der Waals surface area contributed by atoms with Crippen LogP contribution in [-0.2, 0) is 13.0 Å². The van der Waals surface area contributed by atoms with Crippen molar-refractivity contribution >= 4 is 27.3 Å². The number of rotatable bonds is 5. The van der Waals surface area contributed by atoms with Gasteiger partial charge in [-0.1, -0.05) is 66.7 Å². The molecular formula is C28H24N3+. The second-order valence-corrected chi connectivity index (χ2v) is 8.12. The first-order chi connectivity index (χ1) is 15.4. The summed E-state index contributed by atoms with van der Waals surface area (Å²) in [4.78, 5) is 0. The summed E-state index contributed by atoms with van der Waals surface area (Å²) in [6.07, 6.45) is 8.79. The lowest BCUT2D eigenvalue weighted by Crippen LogP contribution is -2.18. The molecule has 31 heavy (non-hydrogen) atoms. The molecule has 0 amide bonds. The molecule has 0 saturated heterocycles. The molecule has 6 aromatic rings. The Morgan fingerprint density at radius 3 is 2.29 bits per heavy atom. The molecular weight excluding hydrogens is 378 g/mol. The second kappa shape index (κ2) is 7.44. The smallest absolute Gasteiger partial charge is 0.254 e. The highest BCUT2D eigenvalue weighted by Gasteiger charge is 2.18. The molecule has 0 spiro atoms. The van der Waals surface area contributed by atoms with Crippen molar-refractivity contribution in [3.8, 4) is 5.69 Å². The molecule has 0 bridgehead atoms. The summed E-state index contributed by atoms with van der Waals surface area (Å²) in [6.45, 7) is 0.995. The molecule has 0 radical (unpaired) electrons. The van der Waals surface area contributed by atoms with Gasteiger partial charge in [0.2, 0.25) is 0 Å². The van der Waals surface area contributed by atoms with E-state index >= 15 is 0 Å². The average molecular weight is 403 g/mol.